The average molecular weight is 372 g/mol. The summed E-state index contributed by atoms with van der Waals surface area (Å²) in [4.78, 5) is 27.8. The van der Waals surface area contributed by atoms with Gasteiger partial charge >= 0.3 is 0 Å². The fourth-order valence-corrected chi connectivity index (χ4v) is 4.98. The lowest BCUT2D eigenvalue weighted by Gasteiger charge is -2.39. The number of likely N-dealkylation sites (tertiary alicyclic amines) is 1. The lowest BCUT2D eigenvalue weighted by molar-refractivity contribution is -0.138. The van der Waals surface area contributed by atoms with Crippen LogP contribution in [0.15, 0.2) is 22.3 Å². The minimum Gasteiger partial charge on any atom is -0.336 e. The van der Waals surface area contributed by atoms with Crippen LogP contribution < -0.4 is 5.56 Å². The minimum atomic E-state index is -0.198. The van der Waals surface area contributed by atoms with Crippen LogP contribution in [0.4, 0.5) is 0 Å². The van der Waals surface area contributed by atoms with Gasteiger partial charge in [-0.3, -0.25) is 14.0 Å². The fourth-order valence-electron chi connectivity index (χ4n) is 4.18. The molecule has 3 aromatic rings. The zero-order valence-electron chi connectivity index (χ0n) is 15.4. The highest BCUT2D eigenvalue weighted by Gasteiger charge is 2.29. The van der Waals surface area contributed by atoms with E-state index >= 15 is 0 Å². The second kappa shape index (κ2) is 6.54. The van der Waals surface area contributed by atoms with Crippen LogP contribution in [0.3, 0.4) is 0 Å². The highest BCUT2D eigenvalue weighted by Crippen LogP contribution is 2.25. The van der Waals surface area contributed by atoms with E-state index in [1.165, 1.54) is 4.68 Å². The number of carbonyl (C=O) groups is 1. The number of amides is 1. The molecule has 0 radical (unpaired) electrons. The number of carbonyl (C=O) groups excluding carboxylic acids is 1. The molecule has 4 heterocycles. The van der Waals surface area contributed by atoms with Crippen LogP contribution in [0.2, 0.25) is 0 Å². The second-order valence-corrected chi connectivity index (χ2v) is 8.15. The molecule has 0 N–H and O–H groups in total. The Morgan fingerprint density at radius 1 is 1.27 bits per heavy atom. The molecule has 1 fully saturated rings. The SMILES string of the molecule is CCc1nn(CC(=O)N2[C@H](C)CCC[C@@H]2C)c(=O)c2cc3sccc3n12. The van der Waals surface area contributed by atoms with Crippen LogP contribution in [-0.2, 0) is 17.8 Å². The zero-order chi connectivity index (χ0) is 18.4. The minimum absolute atomic E-state index is 0.00976. The molecule has 1 saturated heterocycles. The van der Waals surface area contributed by atoms with Crippen molar-refractivity contribution in [1.82, 2.24) is 19.1 Å². The van der Waals surface area contributed by atoms with Crippen molar-refractivity contribution in [2.45, 2.75) is 65.1 Å². The van der Waals surface area contributed by atoms with E-state index in [0.29, 0.717) is 11.9 Å². The number of aryl methyl sites for hydroxylation is 1. The third kappa shape index (κ3) is 2.65. The summed E-state index contributed by atoms with van der Waals surface area (Å²) in [6.07, 6.45) is 3.89. The van der Waals surface area contributed by atoms with Gasteiger partial charge in [-0.1, -0.05) is 6.92 Å². The molecule has 0 unspecified atom stereocenters. The molecule has 0 bridgehead atoms. The van der Waals surface area contributed by atoms with E-state index in [-0.39, 0.29) is 30.1 Å². The molecule has 2 atom stereocenters. The highest BCUT2D eigenvalue weighted by molar-refractivity contribution is 7.17. The van der Waals surface area contributed by atoms with Gasteiger partial charge in [-0.15, -0.1) is 11.3 Å². The third-order valence-electron chi connectivity index (χ3n) is 5.45. The molecule has 26 heavy (non-hydrogen) atoms. The summed E-state index contributed by atoms with van der Waals surface area (Å²) in [5.74, 6) is 0.791. The van der Waals surface area contributed by atoms with E-state index in [2.05, 4.69) is 18.9 Å². The van der Waals surface area contributed by atoms with Gasteiger partial charge in [-0.25, -0.2) is 4.68 Å². The van der Waals surface area contributed by atoms with Crippen molar-refractivity contribution in [2.75, 3.05) is 0 Å². The molecule has 4 rings (SSSR count). The largest absolute Gasteiger partial charge is 0.336 e. The first kappa shape index (κ1) is 17.3. The molecule has 0 saturated carbocycles. The maximum Gasteiger partial charge on any atom is 0.291 e. The first-order valence-electron chi connectivity index (χ1n) is 9.31. The molecule has 3 aromatic heterocycles. The summed E-state index contributed by atoms with van der Waals surface area (Å²) in [7, 11) is 0. The van der Waals surface area contributed by atoms with Gasteiger partial charge in [-0.05, 0) is 50.6 Å². The fraction of sp³-hybridized carbons (Fsp3) is 0.526. The summed E-state index contributed by atoms with van der Waals surface area (Å²) in [6.45, 7) is 6.21. The summed E-state index contributed by atoms with van der Waals surface area (Å²) in [5.41, 5.74) is 1.42. The highest BCUT2D eigenvalue weighted by atomic mass is 32.1. The van der Waals surface area contributed by atoms with Gasteiger partial charge in [0.25, 0.3) is 5.56 Å². The molecule has 0 aromatic carbocycles. The normalized spacial score (nSPS) is 21.0. The predicted molar refractivity (Wildman–Crippen MR) is 104 cm³/mol. The lowest BCUT2D eigenvalue weighted by Crippen LogP contribution is -2.49. The Bertz CT molecular complexity index is 1020. The van der Waals surface area contributed by atoms with E-state index in [9.17, 15) is 9.59 Å². The van der Waals surface area contributed by atoms with Crippen LogP contribution in [0, 0.1) is 0 Å². The van der Waals surface area contributed by atoms with Crippen LogP contribution in [0.1, 0.15) is 45.9 Å². The van der Waals surface area contributed by atoms with E-state index < -0.39 is 0 Å². The van der Waals surface area contributed by atoms with Gasteiger partial charge in [0, 0.05) is 18.5 Å². The van der Waals surface area contributed by atoms with Gasteiger partial charge < -0.3 is 4.90 Å². The number of hydrogen-bond acceptors (Lipinski definition) is 4. The molecule has 1 aliphatic rings. The van der Waals surface area contributed by atoms with Gasteiger partial charge in [0.05, 0.1) is 10.2 Å². The maximum absolute atomic E-state index is 13.0. The second-order valence-electron chi connectivity index (χ2n) is 7.20. The molecular formula is C19H24N4O2S. The van der Waals surface area contributed by atoms with Crippen molar-refractivity contribution < 1.29 is 4.79 Å². The van der Waals surface area contributed by atoms with Crippen molar-refractivity contribution >= 4 is 33.0 Å². The topological polar surface area (TPSA) is 59.6 Å². The van der Waals surface area contributed by atoms with Gasteiger partial charge in [0.2, 0.25) is 5.91 Å². The number of piperidine rings is 1. The predicted octanol–water partition coefficient (Wildman–Crippen LogP) is 3.06. The molecule has 7 heteroatoms. The first-order valence-corrected chi connectivity index (χ1v) is 10.2. The van der Waals surface area contributed by atoms with Crippen molar-refractivity contribution in [2.24, 2.45) is 0 Å². The Balaban J connectivity index is 1.76. The number of fused-ring (bicyclic) bond motifs is 3. The molecular weight excluding hydrogens is 348 g/mol. The molecule has 0 aliphatic carbocycles. The van der Waals surface area contributed by atoms with Gasteiger partial charge in [0.15, 0.2) is 0 Å². The lowest BCUT2D eigenvalue weighted by atomic mass is 9.97. The quantitative estimate of drug-likeness (QED) is 0.710. The van der Waals surface area contributed by atoms with Crippen LogP contribution >= 0.6 is 11.3 Å². The van der Waals surface area contributed by atoms with E-state index in [4.69, 9.17) is 0 Å². The zero-order valence-corrected chi connectivity index (χ0v) is 16.3. The number of thiophene rings is 1. The molecule has 0 spiro atoms. The number of nitrogens with zero attached hydrogens (tertiary/aromatic N) is 4. The number of hydrogen-bond donors (Lipinski definition) is 0. The molecule has 1 amide bonds. The smallest absolute Gasteiger partial charge is 0.291 e. The van der Waals surface area contributed by atoms with E-state index in [0.717, 1.165) is 35.3 Å². The Kier molecular flexibility index (Phi) is 4.34. The van der Waals surface area contributed by atoms with Gasteiger partial charge in [0.1, 0.15) is 17.9 Å². The van der Waals surface area contributed by atoms with Crippen LogP contribution in [0.5, 0.6) is 0 Å². The summed E-state index contributed by atoms with van der Waals surface area (Å²) >= 11 is 1.61. The van der Waals surface area contributed by atoms with E-state index in [1.807, 2.05) is 33.7 Å². The van der Waals surface area contributed by atoms with Crippen molar-refractivity contribution in [3.8, 4) is 0 Å². The monoisotopic (exact) mass is 372 g/mol. The average Bonchev–Trinajstić information content (AvgIpc) is 3.18. The number of aromatic nitrogens is 3. The Labute approximate surface area is 156 Å². The Morgan fingerprint density at radius 2 is 2.00 bits per heavy atom. The van der Waals surface area contributed by atoms with Crippen molar-refractivity contribution in [3.05, 3.63) is 33.7 Å². The third-order valence-corrected chi connectivity index (χ3v) is 6.31. The Morgan fingerprint density at radius 3 is 2.69 bits per heavy atom. The summed E-state index contributed by atoms with van der Waals surface area (Å²) < 4.78 is 4.36. The first-order chi connectivity index (χ1) is 12.5. The van der Waals surface area contributed by atoms with E-state index in [1.54, 1.807) is 11.3 Å². The van der Waals surface area contributed by atoms with Gasteiger partial charge in [-0.2, -0.15) is 5.10 Å². The standard InChI is InChI=1S/C19H24N4O2S/c1-4-17-20-21(11-18(24)22-12(2)6-5-7-13(22)3)19(25)15-10-16-14(23(15)17)8-9-26-16/h8-10,12-13H,4-7,11H2,1-3H3/t12-,13+. The Hall–Kier alpha value is -2.15. The summed E-state index contributed by atoms with van der Waals surface area (Å²) in [5, 5.41) is 6.55. The summed E-state index contributed by atoms with van der Waals surface area (Å²) in [6, 6.07) is 4.36. The molecule has 1 aliphatic heterocycles. The van der Waals surface area contributed by atoms with Crippen LogP contribution in [0.25, 0.3) is 15.7 Å². The molecule has 6 nitrogen and oxygen atoms in total. The van der Waals surface area contributed by atoms with Crippen LogP contribution in [-0.4, -0.2) is 37.1 Å². The number of rotatable bonds is 3. The van der Waals surface area contributed by atoms with Crippen molar-refractivity contribution in [3.63, 3.8) is 0 Å². The van der Waals surface area contributed by atoms with Crippen molar-refractivity contribution in [1.29, 1.82) is 0 Å². The maximum atomic E-state index is 13.0. The molecule has 138 valence electrons.